The van der Waals surface area contributed by atoms with E-state index in [4.69, 9.17) is 4.74 Å². The van der Waals surface area contributed by atoms with Gasteiger partial charge < -0.3 is 9.84 Å². The van der Waals surface area contributed by atoms with E-state index >= 15 is 0 Å². The lowest BCUT2D eigenvalue weighted by atomic mass is 9.74. The lowest BCUT2D eigenvalue weighted by molar-refractivity contribution is -0.131. The van der Waals surface area contributed by atoms with Gasteiger partial charge in [0, 0.05) is 12.3 Å². The summed E-state index contributed by atoms with van der Waals surface area (Å²) in [5.41, 5.74) is 0.0149. The van der Waals surface area contributed by atoms with Crippen molar-refractivity contribution in [3.05, 3.63) is 42.0 Å². The molecule has 0 bridgehead atoms. The van der Waals surface area contributed by atoms with Gasteiger partial charge in [0.05, 0.1) is 12.7 Å². The van der Waals surface area contributed by atoms with Gasteiger partial charge in [0.15, 0.2) is 0 Å². The van der Waals surface area contributed by atoms with Crippen molar-refractivity contribution in [2.75, 3.05) is 7.11 Å². The maximum absolute atomic E-state index is 11.7. The van der Waals surface area contributed by atoms with Crippen LogP contribution in [0.2, 0.25) is 0 Å². The number of methoxy groups -OCH3 is 1. The first-order valence-corrected chi connectivity index (χ1v) is 7.35. The first-order chi connectivity index (χ1) is 10.0. The van der Waals surface area contributed by atoms with E-state index in [1.165, 1.54) is 0 Å². The summed E-state index contributed by atoms with van der Waals surface area (Å²) in [5.74, 6) is 1.01. The van der Waals surface area contributed by atoms with Crippen molar-refractivity contribution >= 4 is 16.6 Å². The number of fused-ring (bicyclic) bond motifs is 1. The second-order valence-electron chi connectivity index (χ2n) is 6.03. The van der Waals surface area contributed by atoms with E-state index in [2.05, 4.69) is 0 Å². The molecule has 3 nitrogen and oxygen atoms in total. The fourth-order valence-electron chi connectivity index (χ4n) is 3.20. The van der Waals surface area contributed by atoms with Crippen LogP contribution in [0.1, 0.15) is 31.7 Å². The van der Waals surface area contributed by atoms with E-state index in [0.29, 0.717) is 19.3 Å². The molecule has 0 spiro atoms. The van der Waals surface area contributed by atoms with E-state index in [9.17, 15) is 9.90 Å². The smallest absolute Gasteiger partial charge is 0.135 e. The van der Waals surface area contributed by atoms with Gasteiger partial charge in [-0.2, -0.15) is 0 Å². The van der Waals surface area contributed by atoms with Gasteiger partial charge in [-0.05, 0) is 47.4 Å². The van der Waals surface area contributed by atoms with Crippen molar-refractivity contribution in [1.82, 2.24) is 0 Å². The molecule has 1 fully saturated rings. The topological polar surface area (TPSA) is 46.5 Å². The minimum absolute atomic E-state index is 0.0738. The second-order valence-corrected chi connectivity index (χ2v) is 6.03. The molecule has 21 heavy (non-hydrogen) atoms. The highest BCUT2D eigenvalue weighted by molar-refractivity contribution is 5.85. The van der Waals surface area contributed by atoms with Gasteiger partial charge in [-0.25, -0.2) is 0 Å². The van der Waals surface area contributed by atoms with Crippen LogP contribution in [0.3, 0.4) is 0 Å². The van der Waals surface area contributed by atoms with E-state index in [-0.39, 0.29) is 11.7 Å². The Morgan fingerprint density at radius 1 is 1.19 bits per heavy atom. The third kappa shape index (κ3) is 2.54. The minimum Gasteiger partial charge on any atom is -0.497 e. The van der Waals surface area contributed by atoms with Crippen molar-refractivity contribution in [3.63, 3.8) is 0 Å². The van der Waals surface area contributed by atoms with Gasteiger partial charge in [-0.15, -0.1) is 0 Å². The monoisotopic (exact) mass is 284 g/mol. The maximum Gasteiger partial charge on any atom is 0.135 e. The molecule has 1 saturated carbocycles. The number of benzene rings is 2. The van der Waals surface area contributed by atoms with Crippen molar-refractivity contribution in [2.45, 2.75) is 31.8 Å². The molecule has 2 unspecified atom stereocenters. The number of hydrogen-bond donors (Lipinski definition) is 1. The Hall–Kier alpha value is -1.87. The van der Waals surface area contributed by atoms with Crippen LogP contribution in [-0.4, -0.2) is 18.0 Å². The number of rotatable bonds is 2. The van der Waals surface area contributed by atoms with E-state index in [1.54, 1.807) is 7.11 Å². The van der Waals surface area contributed by atoms with Gasteiger partial charge in [0.25, 0.3) is 0 Å². The predicted octanol–water partition coefficient (Wildman–Crippen LogP) is 3.43. The third-order valence-corrected chi connectivity index (χ3v) is 4.56. The van der Waals surface area contributed by atoms with Crippen LogP contribution in [-0.2, 0) is 10.4 Å². The molecule has 3 heteroatoms. The molecule has 1 aliphatic carbocycles. The summed E-state index contributed by atoms with van der Waals surface area (Å²) >= 11 is 0. The molecule has 1 aliphatic rings. The van der Waals surface area contributed by atoms with Crippen LogP contribution in [0, 0.1) is 5.92 Å². The van der Waals surface area contributed by atoms with Gasteiger partial charge >= 0.3 is 0 Å². The number of hydrogen-bond acceptors (Lipinski definition) is 3. The zero-order valence-electron chi connectivity index (χ0n) is 12.4. The van der Waals surface area contributed by atoms with E-state index in [0.717, 1.165) is 22.1 Å². The molecule has 110 valence electrons. The number of ketones is 1. The van der Waals surface area contributed by atoms with Crippen LogP contribution in [0.4, 0.5) is 0 Å². The fraction of sp³-hybridized carbons (Fsp3) is 0.389. The first kappa shape index (κ1) is 14.1. The molecule has 3 rings (SSSR count). The van der Waals surface area contributed by atoms with Crippen LogP contribution in [0.15, 0.2) is 36.4 Å². The molecule has 0 amide bonds. The van der Waals surface area contributed by atoms with Crippen molar-refractivity contribution in [2.24, 2.45) is 5.92 Å². The van der Waals surface area contributed by atoms with Crippen molar-refractivity contribution < 1.29 is 14.6 Å². The number of Topliss-reactive ketones (excluding diaryl/α,β-unsaturated/α-hetero) is 1. The second kappa shape index (κ2) is 5.15. The molecule has 2 aromatic carbocycles. The summed E-state index contributed by atoms with van der Waals surface area (Å²) in [6, 6.07) is 11.9. The van der Waals surface area contributed by atoms with Crippen LogP contribution in [0.25, 0.3) is 10.8 Å². The molecule has 1 N–H and O–H groups in total. The van der Waals surface area contributed by atoms with Crippen molar-refractivity contribution in [1.29, 1.82) is 0 Å². The standard InChI is InChI=1S/C18H20O3/c1-12-11-18(20,8-7-17(12)19)15-5-3-14-10-16(21-2)6-4-13(14)9-15/h3-6,9-10,12,20H,7-8,11H2,1-2H3. The summed E-state index contributed by atoms with van der Waals surface area (Å²) in [4.78, 5) is 11.7. The first-order valence-electron chi connectivity index (χ1n) is 7.35. The van der Waals surface area contributed by atoms with Crippen LogP contribution < -0.4 is 4.74 Å². The lowest BCUT2D eigenvalue weighted by Crippen LogP contribution is -2.36. The summed E-state index contributed by atoms with van der Waals surface area (Å²) in [5, 5.41) is 13.1. The number of aliphatic hydroxyl groups is 1. The Balaban J connectivity index is 1.99. The minimum atomic E-state index is -0.887. The molecule has 0 saturated heterocycles. The van der Waals surface area contributed by atoms with Gasteiger partial charge in [0.2, 0.25) is 0 Å². The zero-order valence-corrected chi connectivity index (χ0v) is 12.4. The number of carbonyl (C=O) groups excluding carboxylic acids is 1. The Morgan fingerprint density at radius 2 is 1.90 bits per heavy atom. The summed E-state index contributed by atoms with van der Waals surface area (Å²) in [6.07, 6.45) is 1.48. The molecule has 2 atom stereocenters. The van der Waals surface area contributed by atoms with Gasteiger partial charge in [-0.3, -0.25) is 4.79 Å². The Bertz CT molecular complexity index is 692. The number of carbonyl (C=O) groups is 1. The number of ether oxygens (including phenoxy) is 1. The fourth-order valence-corrected chi connectivity index (χ4v) is 3.20. The Morgan fingerprint density at radius 3 is 2.62 bits per heavy atom. The van der Waals surface area contributed by atoms with Gasteiger partial charge in [-0.1, -0.05) is 25.1 Å². The van der Waals surface area contributed by atoms with Crippen LogP contribution >= 0.6 is 0 Å². The SMILES string of the molecule is COc1ccc2cc(C3(O)CCC(=O)C(C)C3)ccc2c1. The maximum atomic E-state index is 11.7. The zero-order chi connectivity index (χ0) is 15.0. The highest BCUT2D eigenvalue weighted by atomic mass is 16.5. The third-order valence-electron chi connectivity index (χ3n) is 4.56. The lowest BCUT2D eigenvalue weighted by Gasteiger charge is -2.35. The molecule has 0 radical (unpaired) electrons. The highest BCUT2D eigenvalue weighted by Gasteiger charge is 2.38. The Kier molecular flexibility index (Phi) is 3.46. The summed E-state index contributed by atoms with van der Waals surface area (Å²) in [7, 11) is 1.65. The molecular formula is C18H20O3. The van der Waals surface area contributed by atoms with Gasteiger partial charge in [0.1, 0.15) is 11.5 Å². The average Bonchev–Trinajstić information content (AvgIpc) is 2.50. The largest absolute Gasteiger partial charge is 0.497 e. The quantitative estimate of drug-likeness (QED) is 0.919. The van der Waals surface area contributed by atoms with E-state index < -0.39 is 5.60 Å². The van der Waals surface area contributed by atoms with E-state index in [1.807, 2.05) is 43.3 Å². The van der Waals surface area contributed by atoms with Crippen LogP contribution in [0.5, 0.6) is 5.75 Å². The molecule has 2 aromatic rings. The average molecular weight is 284 g/mol. The molecule has 0 aliphatic heterocycles. The van der Waals surface area contributed by atoms with Crippen molar-refractivity contribution in [3.8, 4) is 5.75 Å². The Labute approximate surface area is 124 Å². The molecule has 0 aromatic heterocycles. The molecule has 0 heterocycles. The summed E-state index contributed by atoms with van der Waals surface area (Å²) in [6.45, 7) is 1.90. The predicted molar refractivity (Wildman–Crippen MR) is 82.4 cm³/mol. The summed E-state index contributed by atoms with van der Waals surface area (Å²) < 4.78 is 5.23. The normalized spacial score (nSPS) is 26.0. The highest BCUT2D eigenvalue weighted by Crippen LogP contribution is 2.39. The molecular weight excluding hydrogens is 264 g/mol.